The summed E-state index contributed by atoms with van der Waals surface area (Å²) in [6.45, 7) is 1.51. The van der Waals surface area contributed by atoms with Crippen molar-refractivity contribution in [1.82, 2.24) is 4.98 Å². The molecule has 0 unspecified atom stereocenters. The average molecular weight is 220 g/mol. The second-order valence-corrected chi connectivity index (χ2v) is 3.05. The second kappa shape index (κ2) is 4.46. The second-order valence-electron chi connectivity index (χ2n) is 2.79. The highest BCUT2D eigenvalue weighted by Gasteiger charge is 2.15. The van der Waals surface area contributed by atoms with E-state index in [2.05, 4.69) is 4.98 Å². The predicted octanol–water partition coefficient (Wildman–Crippen LogP) is 2.88. The van der Waals surface area contributed by atoms with E-state index in [1.54, 1.807) is 0 Å². The fraction of sp³-hybridized carbons (Fsp3) is 0.333. The predicted molar refractivity (Wildman–Crippen MR) is 48.9 cm³/mol. The smallest absolute Gasteiger partial charge is 0.280 e. The number of hydrogen-bond acceptors (Lipinski definition) is 2. The molecule has 0 radical (unpaired) electrons. The van der Waals surface area contributed by atoms with Gasteiger partial charge in [0.1, 0.15) is 11.4 Å². The highest BCUT2D eigenvalue weighted by Crippen LogP contribution is 2.22. The van der Waals surface area contributed by atoms with Crippen LogP contribution in [0.3, 0.4) is 0 Å². The van der Waals surface area contributed by atoms with Gasteiger partial charge in [0.2, 0.25) is 0 Å². The number of rotatable bonds is 3. The number of aryl methyl sites for hydroxylation is 1. The van der Waals surface area contributed by atoms with Crippen molar-refractivity contribution >= 4 is 17.9 Å². The largest absolute Gasteiger partial charge is 0.296 e. The maximum Gasteiger partial charge on any atom is 0.280 e. The molecule has 0 spiro atoms. The quantitative estimate of drug-likeness (QED) is 0.578. The van der Waals surface area contributed by atoms with Crippen LogP contribution in [-0.2, 0) is 5.88 Å². The third-order valence-corrected chi connectivity index (χ3v) is 2.11. The summed E-state index contributed by atoms with van der Waals surface area (Å²) >= 11 is 5.53. The van der Waals surface area contributed by atoms with Gasteiger partial charge in [0.25, 0.3) is 6.43 Å². The van der Waals surface area contributed by atoms with Gasteiger partial charge in [-0.25, -0.2) is 13.8 Å². The first-order chi connectivity index (χ1) is 6.60. The molecule has 0 aliphatic heterocycles. The van der Waals surface area contributed by atoms with Crippen LogP contribution in [0.1, 0.15) is 33.7 Å². The Morgan fingerprint density at radius 1 is 1.64 bits per heavy atom. The molecule has 0 aromatic carbocycles. The van der Waals surface area contributed by atoms with Crippen molar-refractivity contribution in [3.05, 3.63) is 28.6 Å². The van der Waals surface area contributed by atoms with Gasteiger partial charge in [-0.3, -0.25) is 4.79 Å². The molecule has 0 saturated carbocycles. The van der Waals surface area contributed by atoms with Crippen molar-refractivity contribution in [1.29, 1.82) is 0 Å². The van der Waals surface area contributed by atoms with Crippen LogP contribution >= 0.6 is 11.6 Å². The average Bonchev–Trinajstić information content (AvgIpc) is 2.16. The van der Waals surface area contributed by atoms with E-state index in [-0.39, 0.29) is 17.3 Å². The lowest BCUT2D eigenvalue weighted by atomic mass is 10.1. The molecule has 1 aromatic heterocycles. The van der Waals surface area contributed by atoms with E-state index in [1.807, 2.05) is 0 Å². The van der Waals surface area contributed by atoms with Crippen LogP contribution in [0.15, 0.2) is 6.07 Å². The number of hydrogen-bond donors (Lipinski definition) is 0. The maximum absolute atomic E-state index is 12.4. The summed E-state index contributed by atoms with van der Waals surface area (Å²) in [6.07, 6.45) is -2.23. The lowest BCUT2D eigenvalue weighted by molar-refractivity contribution is 0.111. The van der Waals surface area contributed by atoms with Crippen LogP contribution in [0.2, 0.25) is 0 Å². The normalized spacial score (nSPS) is 10.6. The van der Waals surface area contributed by atoms with E-state index >= 15 is 0 Å². The molecule has 1 aromatic rings. The Morgan fingerprint density at radius 3 is 2.71 bits per heavy atom. The van der Waals surface area contributed by atoms with E-state index in [0.29, 0.717) is 17.4 Å². The summed E-state index contributed by atoms with van der Waals surface area (Å²) in [6, 6.07) is 1.46. The Labute approximate surface area is 84.9 Å². The number of pyridine rings is 1. The molecular weight excluding hydrogens is 212 g/mol. The van der Waals surface area contributed by atoms with Crippen molar-refractivity contribution in [2.24, 2.45) is 0 Å². The molecule has 5 heteroatoms. The summed E-state index contributed by atoms with van der Waals surface area (Å²) in [5, 5.41) is 0. The molecule has 0 saturated heterocycles. The Bertz CT molecular complexity index is 355. The fourth-order valence-corrected chi connectivity index (χ4v) is 1.34. The molecule has 0 aliphatic rings. The van der Waals surface area contributed by atoms with Crippen molar-refractivity contribution in [3.63, 3.8) is 0 Å². The summed E-state index contributed by atoms with van der Waals surface area (Å²) < 4.78 is 24.7. The standard InChI is InChI=1S/C9H8ClF2NO/c1-5-2-6(3-10)7(4-14)13-8(5)9(11)12/h2,4,9H,3H2,1H3. The lowest BCUT2D eigenvalue weighted by Gasteiger charge is -2.07. The Hall–Kier alpha value is -1.03. The Kier molecular flexibility index (Phi) is 3.52. The van der Waals surface area contributed by atoms with Crippen molar-refractivity contribution in [3.8, 4) is 0 Å². The molecule has 1 rings (SSSR count). The van der Waals surface area contributed by atoms with Crippen LogP contribution < -0.4 is 0 Å². The first-order valence-corrected chi connectivity index (χ1v) is 4.43. The molecule has 76 valence electrons. The number of nitrogens with zero attached hydrogens (tertiary/aromatic N) is 1. The molecule has 2 nitrogen and oxygen atoms in total. The molecule has 0 atom stereocenters. The first-order valence-electron chi connectivity index (χ1n) is 3.89. The maximum atomic E-state index is 12.4. The number of aromatic nitrogens is 1. The van der Waals surface area contributed by atoms with E-state index in [4.69, 9.17) is 11.6 Å². The molecular formula is C9H8ClF2NO. The number of alkyl halides is 3. The van der Waals surface area contributed by atoms with Crippen molar-refractivity contribution < 1.29 is 13.6 Å². The zero-order valence-corrected chi connectivity index (χ0v) is 8.18. The van der Waals surface area contributed by atoms with Crippen molar-refractivity contribution in [2.45, 2.75) is 19.2 Å². The van der Waals surface area contributed by atoms with Crippen LogP contribution in [0, 0.1) is 6.92 Å². The third-order valence-electron chi connectivity index (χ3n) is 1.83. The Balaban J connectivity index is 3.30. The zero-order valence-electron chi connectivity index (χ0n) is 7.43. The monoisotopic (exact) mass is 219 g/mol. The van der Waals surface area contributed by atoms with E-state index < -0.39 is 6.43 Å². The minimum atomic E-state index is -2.67. The minimum absolute atomic E-state index is 0.0131. The lowest BCUT2D eigenvalue weighted by Crippen LogP contribution is -2.02. The Morgan fingerprint density at radius 2 is 2.29 bits per heavy atom. The number of carbonyl (C=O) groups excluding carboxylic acids is 1. The summed E-state index contributed by atoms with van der Waals surface area (Å²) in [5.41, 5.74) is 0.451. The molecule has 0 bridgehead atoms. The molecule has 1 heterocycles. The third kappa shape index (κ3) is 2.07. The number of carbonyl (C=O) groups is 1. The van der Waals surface area contributed by atoms with Crippen LogP contribution in [-0.4, -0.2) is 11.3 Å². The van der Waals surface area contributed by atoms with Gasteiger partial charge in [-0.2, -0.15) is 0 Å². The minimum Gasteiger partial charge on any atom is -0.296 e. The van der Waals surface area contributed by atoms with E-state index in [1.165, 1.54) is 13.0 Å². The van der Waals surface area contributed by atoms with Gasteiger partial charge in [0, 0.05) is 5.88 Å². The van der Waals surface area contributed by atoms with E-state index in [9.17, 15) is 13.6 Å². The van der Waals surface area contributed by atoms with Crippen LogP contribution in [0.5, 0.6) is 0 Å². The summed E-state index contributed by atoms with van der Waals surface area (Å²) in [7, 11) is 0. The van der Waals surface area contributed by atoms with Gasteiger partial charge in [-0.05, 0) is 18.1 Å². The molecule has 0 N–H and O–H groups in total. The molecule has 14 heavy (non-hydrogen) atoms. The summed E-state index contributed by atoms with van der Waals surface area (Å²) in [5.74, 6) is 0.0887. The zero-order chi connectivity index (χ0) is 10.7. The van der Waals surface area contributed by atoms with Gasteiger partial charge in [0.15, 0.2) is 6.29 Å². The van der Waals surface area contributed by atoms with Gasteiger partial charge < -0.3 is 0 Å². The van der Waals surface area contributed by atoms with Gasteiger partial charge >= 0.3 is 0 Å². The molecule has 0 aliphatic carbocycles. The number of halogens is 3. The van der Waals surface area contributed by atoms with Gasteiger partial charge in [-0.1, -0.05) is 6.07 Å². The SMILES string of the molecule is Cc1cc(CCl)c(C=O)nc1C(F)F. The topological polar surface area (TPSA) is 30.0 Å². The molecule has 0 amide bonds. The van der Waals surface area contributed by atoms with Crippen LogP contribution in [0.25, 0.3) is 0 Å². The summed E-state index contributed by atoms with van der Waals surface area (Å²) in [4.78, 5) is 14.1. The van der Waals surface area contributed by atoms with Gasteiger partial charge in [-0.15, -0.1) is 11.6 Å². The van der Waals surface area contributed by atoms with Crippen LogP contribution in [0.4, 0.5) is 8.78 Å². The van der Waals surface area contributed by atoms with Crippen molar-refractivity contribution in [2.75, 3.05) is 0 Å². The highest BCUT2D eigenvalue weighted by molar-refractivity contribution is 6.17. The first kappa shape index (κ1) is 11.0. The fourth-order valence-electron chi connectivity index (χ4n) is 1.13. The molecule has 0 fully saturated rings. The highest BCUT2D eigenvalue weighted by atomic mass is 35.5. The van der Waals surface area contributed by atoms with E-state index in [0.717, 1.165) is 0 Å². The number of aldehydes is 1. The van der Waals surface area contributed by atoms with Gasteiger partial charge in [0.05, 0.1) is 0 Å².